The van der Waals surface area contributed by atoms with Crippen LogP contribution in [0.4, 0.5) is 0 Å². The van der Waals surface area contributed by atoms with Crippen molar-refractivity contribution in [2.24, 2.45) is 0 Å². The van der Waals surface area contributed by atoms with Gasteiger partial charge in [-0.3, -0.25) is 4.79 Å². The van der Waals surface area contributed by atoms with Gasteiger partial charge in [0.1, 0.15) is 5.69 Å². The third-order valence-corrected chi connectivity index (χ3v) is 4.91. The van der Waals surface area contributed by atoms with Gasteiger partial charge < -0.3 is 10.2 Å². The van der Waals surface area contributed by atoms with Crippen LogP contribution in [0.5, 0.6) is 0 Å². The van der Waals surface area contributed by atoms with E-state index >= 15 is 0 Å². The van der Waals surface area contributed by atoms with Crippen LogP contribution in [0.15, 0.2) is 66.0 Å². The van der Waals surface area contributed by atoms with E-state index in [2.05, 4.69) is 46.5 Å². The van der Waals surface area contributed by atoms with Gasteiger partial charge in [-0.15, -0.1) is 11.3 Å². The van der Waals surface area contributed by atoms with Gasteiger partial charge in [-0.25, -0.2) is 4.98 Å². The van der Waals surface area contributed by atoms with Gasteiger partial charge in [-0.05, 0) is 18.2 Å². The molecule has 1 N–H and O–H groups in total. The summed E-state index contributed by atoms with van der Waals surface area (Å²) in [4.78, 5) is 18.9. The van der Waals surface area contributed by atoms with Gasteiger partial charge in [0, 0.05) is 31.4 Å². The van der Waals surface area contributed by atoms with E-state index in [0.29, 0.717) is 12.2 Å². The number of aromatic nitrogens is 1. The predicted molar refractivity (Wildman–Crippen MR) is 106 cm³/mol. The van der Waals surface area contributed by atoms with Gasteiger partial charge in [0.2, 0.25) is 0 Å². The van der Waals surface area contributed by atoms with Gasteiger partial charge in [0.25, 0.3) is 5.91 Å². The highest BCUT2D eigenvalue weighted by Crippen LogP contribution is 2.14. The van der Waals surface area contributed by atoms with E-state index < -0.39 is 0 Å². The first-order chi connectivity index (χ1) is 12.7. The molecule has 26 heavy (non-hydrogen) atoms. The largest absolute Gasteiger partial charge is 0.349 e. The number of carbonyl (C=O) groups excluding carboxylic acids is 1. The molecule has 2 aromatic carbocycles. The Morgan fingerprint density at radius 1 is 1.04 bits per heavy atom. The molecule has 0 bridgehead atoms. The Hall–Kier alpha value is -2.50. The first-order valence-electron chi connectivity index (χ1n) is 8.70. The Bertz CT molecular complexity index is 818. The van der Waals surface area contributed by atoms with Crippen LogP contribution in [-0.2, 0) is 13.0 Å². The second-order valence-corrected chi connectivity index (χ2v) is 7.21. The molecule has 4 nitrogen and oxygen atoms in total. The van der Waals surface area contributed by atoms with E-state index in [-0.39, 0.29) is 5.91 Å². The first-order valence-corrected chi connectivity index (χ1v) is 9.57. The lowest BCUT2D eigenvalue weighted by atomic mass is 10.2. The maximum atomic E-state index is 12.3. The quantitative estimate of drug-likeness (QED) is 0.663. The molecule has 1 heterocycles. The fraction of sp³-hybridized carbons (Fsp3) is 0.238. The molecular formula is C21H23N3OS. The normalized spacial score (nSPS) is 10.8. The lowest BCUT2D eigenvalue weighted by molar-refractivity contribution is 0.0945. The number of hydrogen-bond acceptors (Lipinski definition) is 4. The maximum Gasteiger partial charge on any atom is 0.270 e. The number of hydrogen-bond donors (Lipinski definition) is 1. The van der Waals surface area contributed by atoms with Crippen molar-refractivity contribution in [2.45, 2.75) is 13.0 Å². The number of rotatable bonds is 8. The minimum atomic E-state index is -0.103. The van der Waals surface area contributed by atoms with Gasteiger partial charge >= 0.3 is 0 Å². The molecule has 134 valence electrons. The summed E-state index contributed by atoms with van der Waals surface area (Å²) < 4.78 is 0. The molecule has 0 saturated carbocycles. The fourth-order valence-corrected chi connectivity index (χ4v) is 3.50. The highest BCUT2D eigenvalue weighted by Gasteiger charge is 2.11. The number of nitrogens with zero attached hydrogens (tertiary/aromatic N) is 2. The van der Waals surface area contributed by atoms with Crippen LogP contribution in [0.3, 0.4) is 0 Å². The number of thiazole rings is 1. The second-order valence-electron chi connectivity index (χ2n) is 6.27. The highest BCUT2D eigenvalue weighted by molar-refractivity contribution is 7.09. The molecule has 3 aromatic rings. The van der Waals surface area contributed by atoms with Crippen molar-refractivity contribution in [3.05, 3.63) is 87.9 Å². The molecule has 0 radical (unpaired) electrons. The van der Waals surface area contributed by atoms with Crippen LogP contribution in [0, 0.1) is 0 Å². The smallest absolute Gasteiger partial charge is 0.270 e. The van der Waals surface area contributed by atoms with Crippen LogP contribution >= 0.6 is 11.3 Å². The third-order valence-electron chi connectivity index (χ3n) is 4.06. The molecule has 0 fully saturated rings. The van der Waals surface area contributed by atoms with Crippen molar-refractivity contribution in [1.29, 1.82) is 0 Å². The summed E-state index contributed by atoms with van der Waals surface area (Å²) in [6.07, 6.45) is 0.763. The molecular weight excluding hydrogens is 342 g/mol. The Labute approximate surface area is 158 Å². The molecule has 1 aromatic heterocycles. The summed E-state index contributed by atoms with van der Waals surface area (Å²) in [6.45, 7) is 2.27. The lowest BCUT2D eigenvalue weighted by Gasteiger charge is -2.16. The zero-order valence-corrected chi connectivity index (χ0v) is 15.7. The summed E-state index contributed by atoms with van der Waals surface area (Å²) >= 11 is 1.53. The highest BCUT2D eigenvalue weighted by atomic mass is 32.1. The number of nitrogens with one attached hydrogen (secondary N) is 1. The third kappa shape index (κ3) is 5.51. The Morgan fingerprint density at radius 2 is 1.69 bits per heavy atom. The summed E-state index contributed by atoms with van der Waals surface area (Å²) in [6, 6.07) is 20.5. The Morgan fingerprint density at radius 3 is 2.38 bits per heavy atom. The molecule has 0 atom stereocenters. The van der Waals surface area contributed by atoms with Crippen LogP contribution in [0.25, 0.3) is 0 Å². The molecule has 0 aliphatic rings. The Balaban J connectivity index is 1.43. The van der Waals surface area contributed by atoms with Crippen LogP contribution in [0.2, 0.25) is 0 Å². The average Bonchev–Trinajstić information content (AvgIpc) is 3.12. The SMILES string of the molecule is CN(CCNC(=O)c1csc(Cc2ccccc2)n1)Cc1ccccc1. The van der Waals surface area contributed by atoms with Gasteiger partial charge in [0.05, 0.1) is 5.01 Å². The van der Waals surface area contributed by atoms with E-state index in [1.807, 2.05) is 41.8 Å². The van der Waals surface area contributed by atoms with Gasteiger partial charge in [-0.1, -0.05) is 60.7 Å². The molecule has 5 heteroatoms. The molecule has 0 saturated heterocycles. The number of benzene rings is 2. The van der Waals surface area contributed by atoms with E-state index in [0.717, 1.165) is 24.5 Å². The number of carbonyl (C=O) groups is 1. The van der Waals surface area contributed by atoms with E-state index in [1.165, 1.54) is 22.5 Å². The molecule has 0 unspecified atom stereocenters. The van der Waals surface area contributed by atoms with Crippen LogP contribution in [-0.4, -0.2) is 35.9 Å². The number of amides is 1. The van der Waals surface area contributed by atoms with Crippen LogP contribution < -0.4 is 5.32 Å². The zero-order valence-electron chi connectivity index (χ0n) is 14.9. The maximum absolute atomic E-state index is 12.3. The van der Waals surface area contributed by atoms with Crippen molar-refractivity contribution in [1.82, 2.24) is 15.2 Å². The summed E-state index contributed by atoms with van der Waals surface area (Å²) in [7, 11) is 2.06. The van der Waals surface area contributed by atoms with Crippen LogP contribution in [0.1, 0.15) is 26.6 Å². The van der Waals surface area contributed by atoms with Crippen molar-refractivity contribution in [2.75, 3.05) is 20.1 Å². The predicted octanol–water partition coefficient (Wildman–Crippen LogP) is 3.60. The molecule has 0 aliphatic carbocycles. The summed E-state index contributed by atoms with van der Waals surface area (Å²) in [5.41, 5.74) is 2.98. The standard InChI is InChI=1S/C21H23N3OS/c1-24(15-18-10-6-3-7-11-18)13-12-22-21(25)19-16-26-20(23-19)14-17-8-4-2-5-9-17/h2-11,16H,12-15H2,1H3,(H,22,25). The molecule has 0 aliphatic heterocycles. The second kappa shape index (κ2) is 9.27. The van der Waals surface area contributed by atoms with Crippen molar-refractivity contribution in [3.63, 3.8) is 0 Å². The Kier molecular flexibility index (Phi) is 6.52. The summed E-state index contributed by atoms with van der Waals surface area (Å²) in [5, 5.41) is 5.75. The van der Waals surface area contributed by atoms with E-state index in [4.69, 9.17) is 0 Å². The lowest BCUT2D eigenvalue weighted by Crippen LogP contribution is -2.32. The van der Waals surface area contributed by atoms with Crippen molar-refractivity contribution in [3.8, 4) is 0 Å². The van der Waals surface area contributed by atoms with Gasteiger partial charge in [-0.2, -0.15) is 0 Å². The molecule has 0 spiro atoms. The zero-order chi connectivity index (χ0) is 18.2. The van der Waals surface area contributed by atoms with Crippen molar-refractivity contribution >= 4 is 17.2 Å². The van der Waals surface area contributed by atoms with Gasteiger partial charge in [0.15, 0.2) is 0 Å². The number of likely N-dealkylation sites (N-methyl/N-ethyl adjacent to an activating group) is 1. The summed E-state index contributed by atoms with van der Waals surface area (Å²) in [5.74, 6) is -0.103. The first kappa shape index (κ1) is 18.3. The molecule has 3 rings (SSSR count). The topological polar surface area (TPSA) is 45.2 Å². The molecule has 1 amide bonds. The van der Waals surface area contributed by atoms with E-state index in [9.17, 15) is 4.79 Å². The minimum Gasteiger partial charge on any atom is -0.349 e. The monoisotopic (exact) mass is 365 g/mol. The average molecular weight is 366 g/mol. The fourth-order valence-electron chi connectivity index (χ4n) is 2.69. The van der Waals surface area contributed by atoms with E-state index in [1.54, 1.807) is 0 Å². The van der Waals surface area contributed by atoms with Crippen molar-refractivity contribution < 1.29 is 4.79 Å². The minimum absolute atomic E-state index is 0.103.